The van der Waals surface area contributed by atoms with E-state index in [-0.39, 0.29) is 0 Å². The smallest absolute Gasteiger partial charge is 0.338 e. The minimum absolute atomic E-state index is 0.382. The van der Waals surface area contributed by atoms with E-state index in [0.717, 1.165) is 0 Å². The minimum atomic E-state index is -0.633. The number of ether oxygens (including phenoxy) is 1. The molecule has 0 aliphatic rings. The molecule has 6 nitrogen and oxygen atoms in total. The second-order valence-corrected chi connectivity index (χ2v) is 5.65. The lowest BCUT2D eigenvalue weighted by Gasteiger charge is -2.12. The number of carbonyl (C=O) groups is 2. The predicted octanol–water partition coefficient (Wildman–Crippen LogP) is 3.58. The monoisotopic (exact) mass is 397 g/mol. The van der Waals surface area contributed by atoms with Crippen LogP contribution >= 0.6 is 27.5 Å². The maximum atomic E-state index is 12.0. The number of halogens is 2. The van der Waals surface area contributed by atoms with Gasteiger partial charge in [-0.2, -0.15) is 0 Å². The number of hydrazine groups is 1. The van der Waals surface area contributed by atoms with E-state index >= 15 is 0 Å². The largest absolute Gasteiger partial charge is 0.495 e. The SMILES string of the molecule is COc1ccc(Cl)cc1NC(=O)NNC(=O)c1ccccc1Br. The molecule has 2 aromatic carbocycles. The topological polar surface area (TPSA) is 79.5 Å². The lowest BCUT2D eigenvalue weighted by molar-refractivity contribution is 0.0937. The van der Waals surface area contributed by atoms with Crippen LogP contribution in [0.4, 0.5) is 10.5 Å². The average Bonchev–Trinajstić information content (AvgIpc) is 2.53. The number of hydrogen-bond acceptors (Lipinski definition) is 3. The Balaban J connectivity index is 1.97. The van der Waals surface area contributed by atoms with Gasteiger partial charge in [0.1, 0.15) is 5.75 Å². The van der Waals surface area contributed by atoms with E-state index in [0.29, 0.717) is 26.5 Å². The number of hydrogen-bond donors (Lipinski definition) is 3. The van der Waals surface area contributed by atoms with Gasteiger partial charge < -0.3 is 10.1 Å². The van der Waals surface area contributed by atoms with Crippen molar-refractivity contribution in [2.75, 3.05) is 12.4 Å². The summed E-state index contributed by atoms with van der Waals surface area (Å²) < 4.78 is 5.74. The van der Waals surface area contributed by atoms with Crippen molar-refractivity contribution < 1.29 is 14.3 Å². The van der Waals surface area contributed by atoms with E-state index in [1.807, 2.05) is 0 Å². The van der Waals surface area contributed by atoms with Crippen LogP contribution in [0.15, 0.2) is 46.9 Å². The number of carbonyl (C=O) groups excluding carboxylic acids is 2. The second-order valence-electron chi connectivity index (χ2n) is 4.36. The Morgan fingerprint density at radius 3 is 2.57 bits per heavy atom. The molecule has 0 saturated carbocycles. The van der Waals surface area contributed by atoms with Crippen LogP contribution in [0.5, 0.6) is 5.75 Å². The van der Waals surface area contributed by atoms with Gasteiger partial charge in [-0.3, -0.25) is 10.2 Å². The first-order valence-electron chi connectivity index (χ1n) is 6.46. The van der Waals surface area contributed by atoms with Crippen LogP contribution in [-0.4, -0.2) is 19.0 Å². The van der Waals surface area contributed by atoms with Gasteiger partial charge in [0, 0.05) is 9.50 Å². The summed E-state index contributed by atoms with van der Waals surface area (Å²) in [5.74, 6) is -0.00707. The van der Waals surface area contributed by atoms with Gasteiger partial charge in [0.15, 0.2) is 0 Å². The van der Waals surface area contributed by atoms with Crippen LogP contribution in [0, 0.1) is 0 Å². The molecule has 0 aromatic heterocycles. The van der Waals surface area contributed by atoms with Gasteiger partial charge in [-0.25, -0.2) is 10.2 Å². The van der Waals surface area contributed by atoms with Gasteiger partial charge in [0.25, 0.3) is 5.91 Å². The molecule has 3 amide bonds. The summed E-state index contributed by atoms with van der Waals surface area (Å²) in [5, 5.41) is 2.98. The molecule has 0 heterocycles. The Morgan fingerprint density at radius 1 is 1.13 bits per heavy atom. The molecule has 0 fully saturated rings. The van der Waals surface area contributed by atoms with Crippen molar-refractivity contribution in [1.82, 2.24) is 10.9 Å². The first kappa shape index (κ1) is 17.1. The standard InChI is InChI=1S/C15H13BrClN3O3/c1-23-13-7-6-9(17)8-12(13)18-15(22)20-19-14(21)10-4-2-3-5-11(10)16/h2-8H,1H3,(H,19,21)(H2,18,20,22). The second kappa shape index (κ2) is 7.85. The van der Waals surface area contributed by atoms with E-state index in [1.54, 1.807) is 36.4 Å². The molecular formula is C15H13BrClN3O3. The van der Waals surface area contributed by atoms with Gasteiger partial charge in [-0.15, -0.1) is 0 Å². The van der Waals surface area contributed by atoms with Crippen LogP contribution in [0.25, 0.3) is 0 Å². The molecule has 0 aliphatic heterocycles. The van der Waals surface area contributed by atoms with E-state index in [9.17, 15) is 9.59 Å². The van der Waals surface area contributed by atoms with Crippen molar-refractivity contribution in [2.24, 2.45) is 0 Å². The van der Waals surface area contributed by atoms with Crippen LogP contribution in [0.3, 0.4) is 0 Å². The molecule has 120 valence electrons. The molecule has 0 aliphatic carbocycles. The van der Waals surface area contributed by atoms with E-state index in [2.05, 4.69) is 32.1 Å². The third-order valence-corrected chi connectivity index (χ3v) is 3.74. The van der Waals surface area contributed by atoms with Crippen molar-refractivity contribution in [3.05, 3.63) is 57.5 Å². The predicted molar refractivity (Wildman–Crippen MR) is 91.8 cm³/mol. The van der Waals surface area contributed by atoms with Crippen LogP contribution < -0.4 is 20.9 Å². The van der Waals surface area contributed by atoms with E-state index in [4.69, 9.17) is 16.3 Å². The summed E-state index contributed by atoms with van der Waals surface area (Å²) in [6, 6.07) is 11.0. The molecule has 0 saturated heterocycles. The molecule has 0 unspecified atom stereocenters. The van der Waals surface area contributed by atoms with Gasteiger partial charge in [-0.1, -0.05) is 23.7 Å². The molecule has 0 atom stereocenters. The highest BCUT2D eigenvalue weighted by Gasteiger charge is 2.12. The molecule has 2 rings (SSSR count). The molecule has 8 heteroatoms. The number of rotatable bonds is 3. The lowest BCUT2D eigenvalue weighted by Crippen LogP contribution is -2.44. The number of methoxy groups -OCH3 is 1. The fourth-order valence-corrected chi connectivity index (χ4v) is 2.39. The Kier molecular flexibility index (Phi) is 5.84. The molecule has 0 bridgehead atoms. The van der Waals surface area contributed by atoms with Crippen molar-refractivity contribution in [3.8, 4) is 5.75 Å². The third kappa shape index (κ3) is 4.61. The highest BCUT2D eigenvalue weighted by atomic mass is 79.9. The molecule has 0 radical (unpaired) electrons. The van der Waals surface area contributed by atoms with Crippen molar-refractivity contribution >= 4 is 45.2 Å². The van der Waals surface area contributed by atoms with E-state index in [1.165, 1.54) is 13.2 Å². The number of amides is 3. The summed E-state index contributed by atoms with van der Waals surface area (Å²) in [4.78, 5) is 23.8. The summed E-state index contributed by atoms with van der Waals surface area (Å²) in [7, 11) is 1.47. The fourth-order valence-electron chi connectivity index (χ4n) is 1.76. The highest BCUT2D eigenvalue weighted by Crippen LogP contribution is 2.27. The summed E-state index contributed by atoms with van der Waals surface area (Å²) in [5.41, 5.74) is 5.34. The Labute approximate surface area is 146 Å². The minimum Gasteiger partial charge on any atom is -0.495 e. The number of nitrogens with one attached hydrogen (secondary N) is 3. The van der Waals surface area contributed by atoms with Gasteiger partial charge in [0.05, 0.1) is 18.4 Å². The summed E-state index contributed by atoms with van der Waals surface area (Å²) in [6.45, 7) is 0. The zero-order valence-electron chi connectivity index (χ0n) is 12.0. The maximum absolute atomic E-state index is 12.0. The van der Waals surface area contributed by atoms with Gasteiger partial charge in [-0.05, 0) is 46.3 Å². The lowest BCUT2D eigenvalue weighted by atomic mass is 10.2. The first-order valence-corrected chi connectivity index (χ1v) is 7.63. The van der Waals surface area contributed by atoms with Gasteiger partial charge >= 0.3 is 6.03 Å². The maximum Gasteiger partial charge on any atom is 0.338 e. The molecule has 2 aromatic rings. The van der Waals surface area contributed by atoms with Crippen LogP contribution in [-0.2, 0) is 0 Å². The number of anilines is 1. The Bertz CT molecular complexity index is 740. The van der Waals surface area contributed by atoms with Crippen molar-refractivity contribution in [1.29, 1.82) is 0 Å². The van der Waals surface area contributed by atoms with Gasteiger partial charge in [0.2, 0.25) is 0 Å². The summed E-state index contributed by atoms with van der Waals surface area (Å²) >= 11 is 9.14. The zero-order valence-corrected chi connectivity index (χ0v) is 14.4. The summed E-state index contributed by atoms with van der Waals surface area (Å²) in [6.07, 6.45) is 0. The first-order chi connectivity index (χ1) is 11.0. The fraction of sp³-hybridized carbons (Fsp3) is 0.0667. The zero-order chi connectivity index (χ0) is 16.8. The molecular weight excluding hydrogens is 386 g/mol. The quantitative estimate of drug-likeness (QED) is 0.692. The number of benzene rings is 2. The van der Waals surface area contributed by atoms with Crippen molar-refractivity contribution in [3.63, 3.8) is 0 Å². The highest BCUT2D eigenvalue weighted by molar-refractivity contribution is 9.10. The number of urea groups is 1. The Hall–Kier alpha value is -2.25. The molecule has 3 N–H and O–H groups in total. The van der Waals surface area contributed by atoms with E-state index < -0.39 is 11.9 Å². The molecule has 23 heavy (non-hydrogen) atoms. The Morgan fingerprint density at radius 2 is 1.87 bits per heavy atom. The average molecular weight is 399 g/mol. The van der Waals surface area contributed by atoms with Crippen LogP contribution in [0.2, 0.25) is 5.02 Å². The normalized spacial score (nSPS) is 9.87. The third-order valence-electron chi connectivity index (χ3n) is 2.82. The van der Waals surface area contributed by atoms with Crippen molar-refractivity contribution in [2.45, 2.75) is 0 Å². The van der Waals surface area contributed by atoms with Crippen LogP contribution in [0.1, 0.15) is 10.4 Å². The molecule has 0 spiro atoms.